The summed E-state index contributed by atoms with van der Waals surface area (Å²) in [4.78, 5) is 41.1. The fourth-order valence-electron chi connectivity index (χ4n) is 2.61. The van der Waals surface area contributed by atoms with Gasteiger partial charge in [0, 0.05) is 0 Å². The van der Waals surface area contributed by atoms with E-state index < -0.39 is 17.3 Å². The van der Waals surface area contributed by atoms with Crippen LogP contribution in [0.5, 0.6) is 0 Å². The van der Waals surface area contributed by atoms with Gasteiger partial charge < -0.3 is 4.74 Å². The van der Waals surface area contributed by atoms with E-state index in [-0.39, 0.29) is 5.56 Å². The first-order valence-electron chi connectivity index (χ1n) is 8.58. The maximum absolute atomic E-state index is 13.1. The SMILES string of the molecule is COC(=O)NC(=O)[C@H](C)Sc1nc2ccccc2c(=O)n1Cc1ccccc1. The molecule has 0 aliphatic heterocycles. The van der Waals surface area contributed by atoms with Gasteiger partial charge in [-0.3, -0.25) is 19.5 Å². The molecule has 0 radical (unpaired) electrons. The van der Waals surface area contributed by atoms with Gasteiger partial charge in [0.15, 0.2) is 5.16 Å². The average molecular weight is 397 g/mol. The van der Waals surface area contributed by atoms with Crippen LogP contribution in [0, 0.1) is 0 Å². The molecule has 0 aliphatic rings. The van der Waals surface area contributed by atoms with Crippen LogP contribution >= 0.6 is 11.8 Å². The molecule has 8 heteroatoms. The second-order valence-corrected chi connectivity index (χ2v) is 7.34. The van der Waals surface area contributed by atoms with Crippen LogP contribution in [-0.2, 0) is 16.1 Å². The van der Waals surface area contributed by atoms with E-state index in [1.165, 1.54) is 7.11 Å². The van der Waals surface area contributed by atoms with Gasteiger partial charge in [-0.15, -0.1) is 0 Å². The Bertz CT molecular complexity index is 1070. The van der Waals surface area contributed by atoms with Crippen LogP contribution < -0.4 is 10.9 Å². The Morgan fingerprint density at radius 3 is 2.54 bits per heavy atom. The molecule has 7 nitrogen and oxygen atoms in total. The number of hydrogen-bond donors (Lipinski definition) is 1. The smallest absolute Gasteiger partial charge is 0.413 e. The number of imide groups is 1. The molecule has 28 heavy (non-hydrogen) atoms. The lowest BCUT2D eigenvalue weighted by Crippen LogP contribution is -2.36. The van der Waals surface area contributed by atoms with Crippen molar-refractivity contribution >= 4 is 34.7 Å². The number of alkyl carbamates (subject to hydrolysis) is 1. The molecule has 1 atom stereocenters. The molecule has 1 heterocycles. The average Bonchev–Trinajstić information content (AvgIpc) is 2.71. The summed E-state index contributed by atoms with van der Waals surface area (Å²) in [6.07, 6.45) is -0.828. The summed E-state index contributed by atoms with van der Waals surface area (Å²) in [5.74, 6) is -0.523. The Kier molecular flexibility index (Phi) is 6.10. The lowest BCUT2D eigenvalue weighted by atomic mass is 10.2. The van der Waals surface area contributed by atoms with Crippen LogP contribution in [0.2, 0.25) is 0 Å². The summed E-state index contributed by atoms with van der Waals surface area (Å²) in [7, 11) is 1.18. The molecule has 0 bridgehead atoms. The number of benzene rings is 2. The summed E-state index contributed by atoms with van der Waals surface area (Å²) in [5, 5.41) is 2.39. The van der Waals surface area contributed by atoms with Crippen molar-refractivity contribution in [3.8, 4) is 0 Å². The van der Waals surface area contributed by atoms with Crippen molar-refractivity contribution in [2.45, 2.75) is 23.9 Å². The van der Waals surface area contributed by atoms with E-state index in [0.29, 0.717) is 22.6 Å². The Balaban J connectivity index is 1.99. The fraction of sp³-hybridized carbons (Fsp3) is 0.200. The monoisotopic (exact) mass is 397 g/mol. The molecule has 3 rings (SSSR count). The number of nitrogens with one attached hydrogen (secondary N) is 1. The second kappa shape index (κ2) is 8.71. The predicted molar refractivity (Wildman–Crippen MR) is 107 cm³/mol. The van der Waals surface area contributed by atoms with Gasteiger partial charge in [-0.05, 0) is 24.6 Å². The van der Waals surface area contributed by atoms with Gasteiger partial charge >= 0.3 is 6.09 Å². The number of amides is 2. The highest BCUT2D eigenvalue weighted by atomic mass is 32.2. The molecule has 0 aliphatic carbocycles. The normalized spacial score (nSPS) is 11.8. The number of thioether (sulfide) groups is 1. The minimum atomic E-state index is -0.828. The molecule has 0 spiro atoms. The third-order valence-electron chi connectivity index (χ3n) is 4.07. The number of carbonyl (C=O) groups excluding carboxylic acids is 2. The van der Waals surface area contributed by atoms with Crippen molar-refractivity contribution in [3.05, 3.63) is 70.5 Å². The molecule has 0 saturated heterocycles. The van der Waals surface area contributed by atoms with Crippen molar-refractivity contribution in [2.75, 3.05) is 7.11 Å². The maximum atomic E-state index is 13.1. The topological polar surface area (TPSA) is 90.3 Å². The van der Waals surface area contributed by atoms with E-state index in [1.807, 2.05) is 30.3 Å². The number of carbonyl (C=O) groups is 2. The molecule has 0 unspecified atom stereocenters. The summed E-state index contributed by atoms with van der Waals surface area (Å²) >= 11 is 1.11. The zero-order valence-electron chi connectivity index (χ0n) is 15.4. The molecule has 0 saturated carbocycles. The zero-order chi connectivity index (χ0) is 20.1. The number of fused-ring (bicyclic) bond motifs is 1. The molecule has 1 N–H and O–H groups in total. The third-order valence-corrected chi connectivity index (χ3v) is 5.16. The molecule has 1 aromatic heterocycles. The molecule has 2 amide bonds. The van der Waals surface area contributed by atoms with Crippen LogP contribution in [0.15, 0.2) is 64.5 Å². The highest BCUT2D eigenvalue weighted by Crippen LogP contribution is 2.23. The van der Waals surface area contributed by atoms with E-state index in [0.717, 1.165) is 17.3 Å². The first kappa shape index (κ1) is 19.6. The molecule has 144 valence electrons. The number of methoxy groups -OCH3 is 1. The molecular weight excluding hydrogens is 378 g/mol. The summed E-state index contributed by atoms with van der Waals surface area (Å²) in [5.41, 5.74) is 1.31. The number of aromatic nitrogens is 2. The lowest BCUT2D eigenvalue weighted by Gasteiger charge is -2.16. The van der Waals surface area contributed by atoms with Crippen LogP contribution in [-0.4, -0.2) is 33.9 Å². The van der Waals surface area contributed by atoms with Crippen molar-refractivity contribution < 1.29 is 14.3 Å². The molecule has 2 aromatic carbocycles. The predicted octanol–water partition coefficient (Wildman–Crippen LogP) is 2.81. The third kappa shape index (κ3) is 4.40. The van der Waals surface area contributed by atoms with Crippen LogP contribution in [0.4, 0.5) is 4.79 Å². The molecule has 3 aromatic rings. The Hall–Kier alpha value is -3.13. The zero-order valence-corrected chi connectivity index (χ0v) is 16.2. The van der Waals surface area contributed by atoms with Crippen molar-refractivity contribution in [1.29, 1.82) is 0 Å². The first-order chi connectivity index (χ1) is 13.5. The maximum Gasteiger partial charge on any atom is 0.413 e. The van der Waals surface area contributed by atoms with Gasteiger partial charge in [0.2, 0.25) is 5.91 Å². The van der Waals surface area contributed by atoms with Gasteiger partial charge in [-0.25, -0.2) is 9.78 Å². The number of para-hydroxylation sites is 1. The van der Waals surface area contributed by atoms with Crippen LogP contribution in [0.1, 0.15) is 12.5 Å². The van der Waals surface area contributed by atoms with E-state index in [1.54, 1.807) is 35.8 Å². The van der Waals surface area contributed by atoms with E-state index in [2.05, 4.69) is 15.0 Å². The Morgan fingerprint density at radius 2 is 1.82 bits per heavy atom. The summed E-state index contributed by atoms with van der Waals surface area (Å²) in [6, 6.07) is 16.6. The Labute approximate surface area is 165 Å². The standard InChI is InChI=1S/C20H19N3O4S/c1-13(17(24)22-20(26)27-2)28-19-21-16-11-7-6-10-15(16)18(25)23(19)12-14-8-4-3-5-9-14/h3-11,13H,12H2,1-2H3,(H,22,24,26)/t13-/m0/s1. The van der Waals surface area contributed by atoms with Gasteiger partial charge in [0.1, 0.15) is 0 Å². The van der Waals surface area contributed by atoms with Crippen molar-refractivity contribution in [2.24, 2.45) is 0 Å². The fourth-order valence-corrected chi connectivity index (χ4v) is 3.52. The van der Waals surface area contributed by atoms with E-state index in [9.17, 15) is 14.4 Å². The van der Waals surface area contributed by atoms with Gasteiger partial charge in [0.05, 0.1) is 29.8 Å². The van der Waals surface area contributed by atoms with Crippen LogP contribution in [0.25, 0.3) is 10.9 Å². The largest absolute Gasteiger partial charge is 0.453 e. The minimum absolute atomic E-state index is 0.183. The minimum Gasteiger partial charge on any atom is -0.453 e. The van der Waals surface area contributed by atoms with Crippen molar-refractivity contribution in [3.63, 3.8) is 0 Å². The number of rotatable bonds is 5. The molecular formula is C20H19N3O4S. The molecule has 0 fully saturated rings. The van der Waals surface area contributed by atoms with Gasteiger partial charge in [0.25, 0.3) is 5.56 Å². The summed E-state index contributed by atoms with van der Waals surface area (Å²) < 4.78 is 6.00. The Morgan fingerprint density at radius 1 is 1.14 bits per heavy atom. The lowest BCUT2D eigenvalue weighted by molar-refractivity contribution is -0.119. The first-order valence-corrected chi connectivity index (χ1v) is 9.46. The van der Waals surface area contributed by atoms with E-state index in [4.69, 9.17) is 0 Å². The number of ether oxygens (including phenoxy) is 1. The van der Waals surface area contributed by atoms with Gasteiger partial charge in [-0.1, -0.05) is 54.2 Å². The number of hydrogen-bond acceptors (Lipinski definition) is 6. The van der Waals surface area contributed by atoms with E-state index >= 15 is 0 Å². The highest BCUT2D eigenvalue weighted by Gasteiger charge is 2.21. The van der Waals surface area contributed by atoms with Crippen LogP contribution in [0.3, 0.4) is 0 Å². The van der Waals surface area contributed by atoms with Gasteiger partial charge in [-0.2, -0.15) is 0 Å². The number of nitrogens with zero attached hydrogens (tertiary/aromatic N) is 2. The summed E-state index contributed by atoms with van der Waals surface area (Å²) in [6.45, 7) is 1.96. The second-order valence-electron chi connectivity index (χ2n) is 6.03. The quantitative estimate of drug-likeness (QED) is 0.526. The highest BCUT2D eigenvalue weighted by molar-refractivity contribution is 8.00. The van der Waals surface area contributed by atoms with Crippen molar-refractivity contribution in [1.82, 2.24) is 14.9 Å².